The van der Waals surface area contributed by atoms with Crippen LogP contribution in [0.2, 0.25) is 0 Å². The minimum Gasteiger partial charge on any atom is -0.508 e. The molecule has 5 heteroatoms. The molecule has 1 saturated heterocycles. The van der Waals surface area contributed by atoms with Crippen LogP contribution in [0.3, 0.4) is 0 Å². The molecular formula is C15H19NO4. The molecule has 0 radical (unpaired) electrons. The highest BCUT2D eigenvalue weighted by molar-refractivity contribution is 5.81. The monoisotopic (exact) mass is 277 g/mol. The van der Waals surface area contributed by atoms with E-state index in [4.69, 9.17) is 4.74 Å². The number of hydrogen-bond acceptors (Lipinski definition) is 4. The molecule has 0 aromatic heterocycles. The van der Waals surface area contributed by atoms with E-state index in [9.17, 15) is 14.7 Å². The van der Waals surface area contributed by atoms with E-state index in [0.29, 0.717) is 18.7 Å². The molecule has 1 N–H and O–H groups in total. The average Bonchev–Trinajstić information content (AvgIpc) is 2.82. The molecule has 1 heterocycles. The van der Waals surface area contributed by atoms with Crippen LogP contribution < -0.4 is 0 Å². The Hall–Kier alpha value is -2.04. The third kappa shape index (κ3) is 2.92. The first kappa shape index (κ1) is 14.4. The third-order valence-corrected chi connectivity index (χ3v) is 3.80. The zero-order valence-electron chi connectivity index (χ0n) is 11.7. The first-order chi connectivity index (χ1) is 9.52. The van der Waals surface area contributed by atoms with Gasteiger partial charge in [0.25, 0.3) is 0 Å². The quantitative estimate of drug-likeness (QED) is 0.843. The Morgan fingerprint density at radius 2 is 2.05 bits per heavy atom. The summed E-state index contributed by atoms with van der Waals surface area (Å²) in [5.74, 6) is -0.387. The standard InChI is InChI=1S/C15H19NO4/c1-10-8-16(9-12(10)15(19)20-2)14(18)7-11-5-3-4-6-13(11)17/h3-6,10,12,17H,7-9H2,1-2H3. The molecule has 1 amide bonds. The molecule has 5 nitrogen and oxygen atoms in total. The minimum atomic E-state index is -0.268. The molecule has 108 valence electrons. The van der Waals surface area contributed by atoms with Crippen LogP contribution >= 0.6 is 0 Å². The normalized spacial score (nSPS) is 21.8. The Kier molecular flexibility index (Phi) is 4.27. The Labute approximate surface area is 118 Å². The summed E-state index contributed by atoms with van der Waals surface area (Å²) in [6.45, 7) is 2.88. The molecule has 2 atom stereocenters. The lowest BCUT2D eigenvalue weighted by atomic mass is 9.99. The molecule has 0 bridgehead atoms. The molecule has 20 heavy (non-hydrogen) atoms. The van der Waals surface area contributed by atoms with Gasteiger partial charge in [-0.3, -0.25) is 9.59 Å². The van der Waals surface area contributed by atoms with Gasteiger partial charge in [-0.1, -0.05) is 25.1 Å². The van der Waals surface area contributed by atoms with Crippen molar-refractivity contribution < 1.29 is 19.4 Å². The number of hydrogen-bond donors (Lipinski definition) is 1. The third-order valence-electron chi connectivity index (χ3n) is 3.80. The van der Waals surface area contributed by atoms with Crippen LogP contribution in [0.5, 0.6) is 5.75 Å². The summed E-state index contributed by atoms with van der Waals surface area (Å²) in [4.78, 5) is 25.5. The number of amides is 1. The maximum Gasteiger partial charge on any atom is 0.310 e. The molecule has 2 unspecified atom stereocenters. The summed E-state index contributed by atoms with van der Waals surface area (Å²) in [6.07, 6.45) is 0.146. The molecule has 1 fully saturated rings. The Balaban J connectivity index is 2.01. The van der Waals surface area contributed by atoms with Crippen molar-refractivity contribution in [3.63, 3.8) is 0 Å². The fourth-order valence-corrected chi connectivity index (χ4v) is 2.56. The number of ether oxygens (including phenoxy) is 1. The summed E-state index contributed by atoms with van der Waals surface area (Å²) >= 11 is 0. The highest BCUT2D eigenvalue weighted by atomic mass is 16.5. The lowest BCUT2D eigenvalue weighted by molar-refractivity contribution is -0.146. The topological polar surface area (TPSA) is 66.8 Å². The largest absolute Gasteiger partial charge is 0.508 e. The van der Waals surface area contributed by atoms with Crippen LogP contribution in [0.1, 0.15) is 12.5 Å². The fraction of sp³-hybridized carbons (Fsp3) is 0.467. The van der Waals surface area contributed by atoms with Crippen molar-refractivity contribution in [2.45, 2.75) is 13.3 Å². The molecular weight excluding hydrogens is 258 g/mol. The maximum absolute atomic E-state index is 12.2. The zero-order valence-corrected chi connectivity index (χ0v) is 11.7. The van der Waals surface area contributed by atoms with Gasteiger partial charge in [0.1, 0.15) is 5.75 Å². The van der Waals surface area contributed by atoms with Crippen LogP contribution in [-0.2, 0) is 20.7 Å². The number of esters is 1. The van der Waals surface area contributed by atoms with E-state index in [1.807, 2.05) is 6.92 Å². The van der Waals surface area contributed by atoms with Gasteiger partial charge in [0, 0.05) is 18.7 Å². The number of likely N-dealkylation sites (tertiary alicyclic amines) is 1. The summed E-state index contributed by atoms with van der Waals surface area (Å²) in [5, 5.41) is 9.69. The van der Waals surface area contributed by atoms with E-state index < -0.39 is 0 Å². The molecule has 1 aliphatic heterocycles. The average molecular weight is 277 g/mol. The lowest BCUT2D eigenvalue weighted by Crippen LogP contribution is -2.31. The molecule has 2 rings (SSSR count). The van der Waals surface area contributed by atoms with Gasteiger partial charge < -0.3 is 14.7 Å². The zero-order chi connectivity index (χ0) is 14.7. The fourth-order valence-electron chi connectivity index (χ4n) is 2.56. The van der Waals surface area contributed by atoms with E-state index in [1.165, 1.54) is 7.11 Å². The number of carbonyl (C=O) groups excluding carboxylic acids is 2. The van der Waals surface area contributed by atoms with Crippen LogP contribution in [-0.4, -0.2) is 42.1 Å². The second kappa shape index (κ2) is 5.94. The van der Waals surface area contributed by atoms with E-state index in [2.05, 4.69) is 0 Å². The van der Waals surface area contributed by atoms with Crippen molar-refractivity contribution >= 4 is 11.9 Å². The van der Waals surface area contributed by atoms with Crippen molar-refractivity contribution in [3.8, 4) is 5.75 Å². The molecule has 1 aliphatic rings. The Bertz CT molecular complexity index is 514. The molecule has 1 aromatic carbocycles. The van der Waals surface area contributed by atoms with Crippen LogP contribution in [0.25, 0.3) is 0 Å². The Morgan fingerprint density at radius 3 is 2.70 bits per heavy atom. The number of carbonyl (C=O) groups is 2. The van der Waals surface area contributed by atoms with Gasteiger partial charge in [-0.2, -0.15) is 0 Å². The van der Waals surface area contributed by atoms with Crippen molar-refractivity contribution in [3.05, 3.63) is 29.8 Å². The van der Waals surface area contributed by atoms with Gasteiger partial charge in [-0.05, 0) is 12.0 Å². The first-order valence-electron chi connectivity index (χ1n) is 6.65. The highest BCUT2D eigenvalue weighted by Crippen LogP contribution is 2.25. The number of phenolic OH excluding ortho intramolecular Hbond substituents is 1. The maximum atomic E-state index is 12.2. The van der Waals surface area contributed by atoms with Crippen molar-refractivity contribution in [2.24, 2.45) is 11.8 Å². The van der Waals surface area contributed by atoms with E-state index in [0.717, 1.165) is 0 Å². The predicted molar refractivity (Wildman–Crippen MR) is 73.1 cm³/mol. The van der Waals surface area contributed by atoms with Crippen molar-refractivity contribution in [1.29, 1.82) is 0 Å². The minimum absolute atomic E-state index is 0.0789. The number of methoxy groups -OCH3 is 1. The highest BCUT2D eigenvalue weighted by Gasteiger charge is 2.37. The van der Waals surface area contributed by atoms with Gasteiger partial charge in [-0.25, -0.2) is 0 Å². The summed E-state index contributed by atoms with van der Waals surface area (Å²) in [5.41, 5.74) is 0.603. The van der Waals surface area contributed by atoms with E-state index >= 15 is 0 Å². The van der Waals surface area contributed by atoms with Crippen LogP contribution in [0.4, 0.5) is 0 Å². The van der Waals surface area contributed by atoms with Gasteiger partial charge >= 0.3 is 5.97 Å². The number of benzene rings is 1. The van der Waals surface area contributed by atoms with Crippen molar-refractivity contribution in [2.75, 3.05) is 20.2 Å². The number of nitrogens with zero attached hydrogens (tertiary/aromatic N) is 1. The predicted octanol–water partition coefficient (Wildman–Crippen LogP) is 1.20. The van der Waals surface area contributed by atoms with E-state index in [-0.39, 0.29) is 35.9 Å². The number of aromatic hydroxyl groups is 1. The smallest absolute Gasteiger partial charge is 0.310 e. The SMILES string of the molecule is COC(=O)C1CN(C(=O)Cc2ccccc2O)CC1C. The number of phenols is 1. The van der Waals surface area contributed by atoms with Crippen LogP contribution in [0, 0.1) is 11.8 Å². The summed E-state index contributed by atoms with van der Waals surface area (Å²) in [6, 6.07) is 6.79. The summed E-state index contributed by atoms with van der Waals surface area (Å²) < 4.78 is 4.75. The van der Waals surface area contributed by atoms with Crippen molar-refractivity contribution in [1.82, 2.24) is 4.90 Å². The number of rotatable bonds is 3. The number of para-hydroxylation sites is 1. The van der Waals surface area contributed by atoms with Crippen LogP contribution in [0.15, 0.2) is 24.3 Å². The van der Waals surface area contributed by atoms with E-state index in [1.54, 1.807) is 29.2 Å². The second-order valence-electron chi connectivity index (χ2n) is 5.21. The molecule has 0 saturated carbocycles. The van der Waals surface area contributed by atoms with Gasteiger partial charge in [0.15, 0.2) is 0 Å². The van der Waals surface area contributed by atoms with Gasteiger partial charge in [0.2, 0.25) is 5.91 Å². The Morgan fingerprint density at radius 1 is 1.35 bits per heavy atom. The van der Waals surface area contributed by atoms with Gasteiger partial charge in [-0.15, -0.1) is 0 Å². The second-order valence-corrected chi connectivity index (χ2v) is 5.21. The molecule has 0 spiro atoms. The lowest BCUT2D eigenvalue weighted by Gasteiger charge is -2.16. The summed E-state index contributed by atoms with van der Waals surface area (Å²) in [7, 11) is 1.36. The molecule has 0 aliphatic carbocycles. The van der Waals surface area contributed by atoms with Gasteiger partial charge in [0.05, 0.1) is 19.4 Å². The first-order valence-corrected chi connectivity index (χ1v) is 6.65. The molecule has 1 aromatic rings.